The second-order valence-corrected chi connectivity index (χ2v) is 7.67. The zero-order chi connectivity index (χ0) is 10.0. The van der Waals surface area contributed by atoms with Crippen molar-refractivity contribution in [1.82, 2.24) is 5.32 Å². The highest BCUT2D eigenvalue weighted by atomic mass is 79.9. The first-order valence-electron chi connectivity index (χ1n) is 4.81. The minimum Gasteiger partial charge on any atom is -0.312 e. The summed E-state index contributed by atoms with van der Waals surface area (Å²) in [4.78, 5) is 0. The third kappa shape index (κ3) is 2.81. The molecule has 14 heavy (non-hydrogen) atoms. The highest BCUT2D eigenvalue weighted by Gasteiger charge is 2.49. The largest absolute Gasteiger partial charge is 0.312 e. The maximum absolute atomic E-state index is 3.62. The average Bonchev–Trinajstić information content (AvgIpc) is 2.76. The molecule has 1 aliphatic carbocycles. The van der Waals surface area contributed by atoms with Crippen LogP contribution >= 0.6 is 31.9 Å². The van der Waals surface area contributed by atoms with E-state index in [2.05, 4.69) is 61.4 Å². The summed E-state index contributed by atoms with van der Waals surface area (Å²) in [5.74, 6) is 0.728. The molecule has 0 spiro atoms. The summed E-state index contributed by atoms with van der Waals surface area (Å²) in [5.41, 5.74) is 1.35. The lowest BCUT2D eigenvalue weighted by molar-refractivity contribution is 0.638. The molecular weight excluding hydrogens is 306 g/mol. The molecule has 3 heteroatoms. The fourth-order valence-electron chi connectivity index (χ4n) is 1.48. The molecule has 76 valence electrons. The average molecular weight is 319 g/mol. The third-order valence-electron chi connectivity index (χ3n) is 2.52. The van der Waals surface area contributed by atoms with E-state index < -0.39 is 0 Å². The number of rotatable bonds is 4. The first-order chi connectivity index (χ1) is 6.68. The van der Waals surface area contributed by atoms with Gasteiger partial charge in [0.2, 0.25) is 0 Å². The van der Waals surface area contributed by atoms with Crippen molar-refractivity contribution in [3.8, 4) is 0 Å². The molecule has 1 aromatic carbocycles. The SMILES string of the molecule is BrC1(Br)CC1CNCc1ccccc1. The first-order valence-corrected chi connectivity index (χ1v) is 6.39. The Kier molecular flexibility index (Phi) is 3.30. The van der Waals surface area contributed by atoms with Crippen LogP contribution in [0.1, 0.15) is 12.0 Å². The van der Waals surface area contributed by atoms with Crippen LogP contribution in [0.3, 0.4) is 0 Å². The molecular formula is C11H13Br2N. The van der Waals surface area contributed by atoms with Gasteiger partial charge in [0.1, 0.15) is 0 Å². The summed E-state index contributed by atoms with van der Waals surface area (Å²) >= 11 is 7.23. The molecule has 0 aromatic heterocycles. The highest BCUT2D eigenvalue weighted by Crippen LogP contribution is 2.55. The van der Waals surface area contributed by atoms with Crippen LogP contribution in [0.15, 0.2) is 30.3 Å². The molecule has 1 unspecified atom stereocenters. The number of hydrogen-bond acceptors (Lipinski definition) is 1. The minimum atomic E-state index is 0.226. The molecule has 1 fully saturated rings. The Bertz CT molecular complexity index is 297. The van der Waals surface area contributed by atoms with E-state index in [1.54, 1.807) is 0 Å². The lowest BCUT2D eigenvalue weighted by atomic mass is 10.2. The van der Waals surface area contributed by atoms with Crippen LogP contribution in [0.5, 0.6) is 0 Å². The molecule has 0 saturated heterocycles. The third-order valence-corrected chi connectivity index (χ3v) is 4.46. The van der Waals surface area contributed by atoms with Gasteiger partial charge >= 0.3 is 0 Å². The van der Waals surface area contributed by atoms with E-state index in [1.807, 2.05) is 6.07 Å². The fraction of sp³-hybridized carbons (Fsp3) is 0.455. The van der Waals surface area contributed by atoms with Crippen LogP contribution in [0.25, 0.3) is 0 Å². The molecule has 0 heterocycles. The van der Waals surface area contributed by atoms with Gasteiger partial charge in [-0.2, -0.15) is 0 Å². The number of hydrogen-bond donors (Lipinski definition) is 1. The van der Waals surface area contributed by atoms with Crippen LogP contribution in [0.2, 0.25) is 0 Å². The molecule has 1 atom stereocenters. The molecule has 1 N–H and O–H groups in total. The predicted octanol–water partition coefficient (Wildman–Crippen LogP) is 3.28. The second-order valence-electron chi connectivity index (χ2n) is 3.78. The lowest BCUT2D eigenvalue weighted by Gasteiger charge is -2.04. The van der Waals surface area contributed by atoms with E-state index in [4.69, 9.17) is 0 Å². The maximum atomic E-state index is 3.62. The van der Waals surface area contributed by atoms with E-state index in [9.17, 15) is 0 Å². The van der Waals surface area contributed by atoms with Gasteiger partial charge in [-0.15, -0.1) is 0 Å². The zero-order valence-corrected chi connectivity index (χ0v) is 11.0. The summed E-state index contributed by atoms with van der Waals surface area (Å²) in [6, 6.07) is 10.5. The van der Waals surface area contributed by atoms with Crippen molar-refractivity contribution in [2.45, 2.75) is 16.2 Å². The van der Waals surface area contributed by atoms with Gasteiger partial charge in [0.15, 0.2) is 0 Å². The van der Waals surface area contributed by atoms with Crippen molar-refractivity contribution in [3.05, 3.63) is 35.9 Å². The quantitative estimate of drug-likeness (QED) is 0.840. The van der Waals surface area contributed by atoms with E-state index in [1.165, 1.54) is 12.0 Å². The summed E-state index contributed by atoms with van der Waals surface area (Å²) in [5, 5.41) is 3.46. The molecule has 1 aromatic rings. The summed E-state index contributed by atoms with van der Waals surface area (Å²) in [6.45, 7) is 2.04. The van der Waals surface area contributed by atoms with Gasteiger partial charge in [0.25, 0.3) is 0 Å². The van der Waals surface area contributed by atoms with Gasteiger partial charge in [0.05, 0.1) is 3.23 Å². The Hall–Kier alpha value is 0.140. The normalized spacial score (nSPS) is 23.4. The fourth-order valence-corrected chi connectivity index (χ4v) is 2.58. The first kappa shape index (κ1) is 10.7. The molecule has 0 radical (unpaired) electrons. The van der Waals surface area contributed by atoms with E-state index in [0.717, 1.165) is 19.0 Å². The molecule has 0 bridgehead atoms. The lowest BCUT2D eigenvalue weighted by Crippen LogP contribution is -2.17. The highest BCUT2D eigenvalue weighted by molar-refractivity contribution is 9.25. The number of halogens is 2. The smallest absolute Gasteiger partial charge is 0.0850 e. The van der Waals surface area contributed by atoms with E-state index in [-0.39, 0.29) is 3.23 Å². The van der Waals surface area contributed by atoms with Gasteiger partial charge in [0, 0.05) is 13.1 Å². The molecule has 1 aliphatic rings. The standard InChI is InChI=1S/C11H13Br2N/c12-11(13)6-10(11)8-14-7-9-4-2-1-3-5-9/h1-5,10,14H,6-8H2. The van der Waals surface area contributed by atoms with E-state index >= 15 is 0 Å². The molecule has 1 nitrogen and oxygen atoms in total. The van der Waals surface area contributed by atoms with Gasteiger partial charge in [-0.05, 0) is 17.9 Å². The molecule has 2 rings (SSSR count). The van der Waals surface area contributed by atoms with Gasteiger partial charge in [-0.3, -0.25) is 0 Å². The number of benzene rings is 1. The maximum Gasteiger partial charge on any atom is 0.0850 e. The Morgan fingerprint density at radius 2 is 1.93 bits per heavy atom. The van der Waals surface area contributed by atoms with Crippen LogP contribution in [0, 0.1) is 5.92 Å². The Morgan fingerprint density at radius 1 is 1.29 bits per heavy atom. The van der Waals surface area contributed by atoms with Gasteiger partial charge in [-0.25, -0.2) is 0 Å². The van der Waals surface area contributed by atoms with Crippen molar-refractivity contribution < 1.29 is 0 Å². The molecule has 0 amide bonds. The van der Waals surface area contributed by atoms with Crippen LogP contribution in [0.4, 0.5) is 0 Å². The van der Waals surface area contributed by atoms with E-state index in [0.29, 0.717) is 0 Å². The Balaban J connectivity index is 1.69. The monoisotopic (exact) mass is 317 g/mol. The van der Waals surface area contributed by atoms with Crippen LogP contribution in [-0.4, -0.2) is 9.78 Å². The van der Waals surface area contributed by atoms with Gasteiger partial charge < -0.3 is 5.32 Å². The van der Waals surface area contributed by atoms with Crippen molar-refractivity contribution in [2.24, 2.45) is 5.92 Å². The minimum absolute atomic E-state index is 0.226. The summed E-state index contributed by atoms with van der Waals surface area (Å²) in [6.07, 6.45) is 1.22. The Morgan fingerprint density at radius 3 is 2.50 bits per heavy atom. The topological polar surface area (TPSA) is 12.0 Å². The van der Waals surface area contributed by atoms with Crippen LogP contribution < -0.4 is 5.32 Å². The van der Waals surface area contributed by atoms with Crippen molar-refractivity contribution in [1.29, 1.82) is 0 Å². The zero-order valence-electron chi connectivity index (χ0n) is 7.84. The second kappa shape index (κ2) is 4.33. The predicted molar refractivity (Wildman–Crippen MR) is 66.8 cm³/mol. The van der Waals surface area contributed by atoms with Crippen molar-refractivity contribution in [2.75, 3.05) is 6.54 Å². The summed E-state index contributed by atoms with van der Waals surface area (Å²) < 4.78 is 0.226. The van der Waals surface area contributed by atoms with Crippen molar-refractivity contribution >= 4 is 31.9 Å². The van der Waals surface area contributed by atoms with Crippen LogP contribution in [-0.2, 0) is 6.54 Å². The molecule has 0 aliphatic heterocycles. The summed E-state index contributed by atoms with van der Waals surface area (Å²) in [7, 11) is 0. The number of nitrogens with one attached hydrogen (secondary N) is 1. The molecule has 1 saturated carbocycles. The number of alkyl halides is 2. The van der Waals surface area contributed by atoms with Crippen molar-refractivity contribution in [3.63, 3.8) is 0 Å². The Labute approximate surface area is 102 Å². The van der Waals surface area contributed by atoms with Gasteiger partial charge in [-0.1, -0.05) is 62.2 Å².